The molecule has 0 spiro atoms. The van der Waals surface area contributed by atoms with Crippen LogP contribution in [0.1, 0.15) is 51.8 Å². The Kier molecular flexibility index (Phi) is 8.58. The van der Waals surface area contributed by atoms with Gasteiger partial charge in [0, 0.05) is 48.1 Å². The van der Waals surface area contributed by atoms with Gasteiger partial charge >= 0.3 is 5.97 Å². The van der Waals surface area contributed by atoms with Gasteiger partial charge in [-0.05, 0) is 56.6 Å². The Morgan fingerprint density at radius 2 is 2.00 bits per heavy atom. The van der Waals surface area contributed by atoms with Gasteiger partial charge in [0.1, 0.15) is 18.2 Å². The number of likely N-dealkylation sites (tertiary alicyclic amines) is 1. The van der Waals surface area contributed by atoms with Gasteiger partial charge in [-0.3, -0.25) is 4.90 Å². The van der Waals surface area contributed by atoms with Gasteiger partial charge in [-0.25, -0.2) is 24.1 Å². The van der Waals surface area contributed by atoms with E-state index in [-0.39, 0.29) is 18.1 Å². The van der Waals surface area contributed by atoms with E-state index in [0.717, 1.165) is 43.0 Å². The number of hydrogen-bond acceptors (Lipinski definition) is 7. The highest BCUT2D eigenvalue weighted by Gasteiger charge is 2.25. The summed E-state index contributed by atoms with van der Waals surface area (Å²) in [5.74, 6) is 0.174. The number of imidazole rings is 1. The molecule has 0 radical (unpaired) electrons. The Morgan fingerprint density at radius 1 is 1.20 bits per heavy atom. The lowest BCUT2D eigenvalue weighted by Crippen LogP contribution is -2.33. The summed E-state index contributed by atoms with van der Waals surface area (Å²) in [6.07, 6.45) is 3.21. The van der Waals surface area contributed by atoms with Crippen molar-refractivity contribution in [3.05, 3.63) is 81.6 Å². The fourth-order valence-electron chi connectivity index (χ4n) is 5.17. The molecule has 1 saturated heterocycles. The Balaban J connectivity index is 1.25. The number of carboxylic acid groups (broad SMARTS) is 1. The van der Waals surface area contributed by atoms with Crippen LogP contribution in [-0.4, -0.2) is 62.3 Å². The van der Waals surface area contributed by atoms with E-state index < -0.39 is 11.8 Å². The van der Waals surface area contributed by atoms with Crippen LogP contribution in [0.5, 0.6) is 5.88 Å². The molecule has 210 valence electrons. The van der Waals surface area contributed by atoms with Gasteiger partial charge < -0.3 is 19.1 Å². The lowest BCUT2D eigenvalue weighted by molar-refractivity contribution is 0.0696. The van der Waals surface area contributed by atoms with Crippen molar-refractivity contribution in [1.29, 1.82) is 0 Å². The standard InChI is InChI=1S/C29H31ClFN5O4/c1-18-22(29(37)38)15-32-28-27(18)36(12-13-39-2)25(34-28)16-35-10-8-19(9-11-35)24-4-3-5-26(33-24)40-17-20-6-7-21(30)14-23(20)31/h3-7,14-15,19H,8-13,16-17H2,1-2H3,(H,37,38). The maximum Gasteiger partial charge on any atom is 0.337 e. The van der Waals surface area contributed by atoms with E-state index >= 15 is 0 Å². The van der Waals surface area contributed by atoms with Gasteiger partial charge in [0.2, 0.25) is 5.88 Å². The van der Waals surface area contributed by atoms with Crippen molar-refractivity contribution in [2.75, 3.05) is 26.8 Å². The minimum absolute atomic E-state index is 0.0737. The molecule has 0 aliphatic carbocycles. The molecule has 0 atom stereocenters. The second-order valence-corrected chi connectivity index (χ2v) is 10.4. The van der Waals surface area contributed by atoms with E-state index in [4.69, 9.17) is 31.0 Å². The van der Waals surface area contributed by atoms with E-state index in [2.05, 4.69) is 9.88 Å². The molecule has 0 bridgehead atoms. The number of piperidine rings is 1. The van der Waals surface area contributed by atoms with Gasteiger partial charge in [-0.1, -0.05) is 23.7 Å². The molecule has 11 heteroatoms. The predicted octanol–water partition coefficient (Wildman–Crippen LogP) is 5.23. The van der Waals surface area contributed by atoms with E-state index in [1.165, 1.54) is 12.3 Å². The van der Waals surface area contributed by atoms with Crippen LogP contribution < -0.4 is 4.74 Å². The number of benzene rings is 1. The summed E-state index contributed by atoms with van der Waals surface area (Å²) in [5.41, 5.74) is 3.49. The molecule has 0 amide bonds. The number of aryl methyl sites for hydroxylation is 1. The molecule has 3 aromatic heterocycles. The minimum atomic E-state index is -1.00. The Morgan fingerprint density at radius 3 is 2.73 bits per heavy atom. The van der Waals surface area contributed by atoms with E-state index in [1.807, 2.05) is 16.7 Å². The SMILES string of the molecule is COCCn1c(CN2CCC(c3cccc(OCc4ccc(Cl)cc4F)n3)CC2)nc2ncc(C(=O)O)c(C)c21. The highest BCUT2D eigenvalue weighted by atomic mass is 35.5. The molecular formula is C29H31ClFN5O4. The van der Waals surface area contributed by atoms with Crippen molar-refractivity contribution in [2.45, 2.75) is 45.4 Å². The summed E-state index contributed by atoms with van der Waals surface area (Å²) in [7, 11) is 1.64. The number of halogens is 2. The van der Waals surface area contributed by atoms with Crippen LogP contribution in [0.25, 0.3) is 11.2 Å². The van der Waals surface area contributed by atoms with Crippen molar-refractivity contribution >= 4 is 28.7 Å². The molecular weight excluding hydrogens is 537 g/mol. The van der Waals surface area contributed by atoms with Gasteiger partial charge in [-0.2, -0.15) is 0 Å². The third-order valence-electron chi connectivity index (χ3n) is 7.36. The first-order chi connectivity index (χ1) is 19.3. The maximum atomic E-state index is 14.1. The topological polar surface area (TPSA) is 103 Å². The number of fused-ring (bicyclic) bond motifs is 1. The third kappa shape index (κ3) is 6.09. The van der Waals surface area contributed by atoms with Crippen LogP contribution in [-0.2, 0) is 24.4 Å². The molecule has 4 heterocycles. The Hall–Kier alpha value is -3.60. The normalized spacial score (nSPS) is 14.6. The van der Waals surface area contributed by atoms with Crippen molar-refractivity contribution in [3.63, 3.8) is 0 Å². The number of aromatic nitrogens is 4. The number of pyridine rings is 2. The lowest BCUT2D eigenvalue weighted by atomic mass is 9.93. The monoisotopic (exact) mass is 567 g/mol. The van der Waals surface area contributed by atoms with Gasteiger partial charge in [0.05, 0.1) is 24.2 Å². The van der Waals surface area contributed by atoms with Gasteiger partial charge in [-0.15, -0.1) is 0 Å². The molecule has 0 unspecified atom stereocenters. The summed E-state index contributed by atoms with van der Waals surface area (Å²) in [5, 5.41) is 9.91. The number of hydrogen-bond donors (Lipinski definition) is 1. The van der Waals surface area contributed by atoms with Crippen LogP contribution >= 0.6 is 11.6 Å². The smallest absolute Gasteiger partial charge is 0.337 e. The molecule has 5 rings (SSSR count). The van der Waals surface area contributed by atoms with Crippen molar-refractivity contribution in [1.82, 2.24) is 24.4 Å². The highest BCUT2D eigenvalue weighted by molar-refractivity contribution is 6.30. The molecule has 1 N–H and O–H groups in total. The maximum absolute atomic E-state index is 14.1. The molecule has 4 aromatic rings. The number of carbonyl (C=O) groups is 1. The highest BCUT2D eigenvalue weighted by Crippen LogP contribution is 2.30. The number of rotatable bonds is 10. The molecule has 40 heavy (non-hydrogen) atoms. The quantitative estimate of drug-likeness (QED) is 0.278. The average molecular weight is 568 g/mol. The van der Waals surface area contributed by atoms with Crippen LogP contribution in [0.4, 0.5) is 4.39 Å². The van der Waals surface area contributed by atoms with Crippen molar-refractivity contribution < 1.29 is 23.8 Å². The number of ether oxygens (including phenoxy) is 2. The Labute approximate surface area is 236 Å². The Bertz CT molecular complexity index is 1520. The van der Waals surface area contributed by atoms with Gasteiger partial charge in [0.15, 0.2) is 5.65 Å². The third-order valence-corrected chi connectivity index (χ3v) is 7.59. The summed E-state index contributed by atoms with van der Waals surface area (Å²) in [6.45, 7) is 5.24. The molecule has 1 aliphatic heterocycles. The van der Waals surface area contributed by atoms with Crippen LogP contribution in [0.3, 0.4) is 0 Å². The number of nitrogens with zero attached hydrogens (tertiary/aromatic N) is 5. The first-order valence-corrected chi connectivity index (χ1v) is 13.5. The first-order valence-electron chi connectivity index (χ1n) is 13.2. The minimum Gasteiger partial charge on any atom is -0.478 e. The summed E-state index contributed by atoms with van der Waals surface area (Å²) in [4.78, 5) is 27.8. The predicted molar refractivity (Wildman–Crippen MR) is 148 cm³/mol. The average Bonchev–Trinajstić information content (AvgIpc) is 3.29. The number of carboxylic acids is 1. The zero-order valence-corrected chi connectivity index (χ0v) is 23.2. The van der Waals surface area contributed by atoms with Gasteiger partial charge in [0.25, 0.3) is 0 Å². The second kappa shape index (κ2) is 12.3. The van der Waals surface area contributed by atoms with Crippen molar-refractivity contribution in [3.8, 4) is 5.88 Å². The first kappa shape index (κ1) is 27.9. The van der Waals surface area contributed by atoms with E-state index in [0.29, 0.717) is 47.4 Å². The molecule has 1 aliphatic rings. The molecule has 0 saturated carbocycles. The summed E-state index contributed by atoms with van der Waals surface area (Å²) >= 11 is 5.84. The fourth-order valence-corrected chi connectivity index (χ4v) is 5.33. The lowest BCUT2D eigenvalue weighted by Gasteiger charge is -2.31. The second-order valence-electron chi connectivity index (χ2n) is 9.92. The zero-order valence-electron chi connectivity index (χ0n) is 22.4. The summed E-state index contributed by atoms with van der Waals surface area (Å²) in [6, 6.07) is 10.2. The molecule has 1 fully saturated rings. The van der Waals surface area contributed by atoms with Crippen LogP contribution in [0, 0.1) is 12.7 Å². The number of methoxy groups -OCH3 is 1. The zero-order chi connectivity index (χ0) is 28.2. The van der Waals surface area contributed by atoms with Crippen LogP contribution in [0.2, 0.25) is 5.02 Å². The molecule has 1 aromatic carbocycles. The fraction of sp³-hybridized carbons (Fsp3) is 0.379. The van der Waals surface area contributed by atoms with Crippen molar-refractivity contribution in [2.24, 2.45) is 0 Å². The summed E-state index contributed by atoms with van der Waals surface area (Å²) < 4.78 is 27.2. The largest absolute Gasteiger partial charge is 0.478 e. The van der Waals surface area contributed by atoms with E-state index in [9.17, 15) is 14.3 Å². The molecule has 9 nitrogen and oxygen atoms in total. The van der Waals surface area contributed by atoms with E-state index in [1.54, 1.807) is 32.2 Å². The number of aromatic carboxylic acids is 1. The van der Waals surface area contributed by atoms with Crippen LogP contribution in [0.15, 0.2) is 42.6 Å².